The fourth-order valence-corrected chi connectivity index (χ4v) is 5.38. The van der Waals surface area contributed by atoms with Crippen LogP contribution in [0.1, 0.15) is 85.4 Å². The Kier molecular flexibility index (Phi) is 12.4. The molecule has 2 aromatic heterocycles. The van der Waals surface area contributed by atoms with E-state index >= 15 is 0 Å². The number of nitrogens with one attached hydrogen (secondary N) is 1. The van der Waals surface area contributed by atoms with E-state index in [1.54, 1.807) is 12.2 Å². The average molecular weight is 517 g/mol. The molecule has 6 heteroatoms. The number of rotatable bonds is 11. The van der Waals surface area contributed by atoms with Crippen molar-refractivity contribution >= 4 is 30.5 Å². The van der Waals surface area contributed by atoms with Crippen LogP contribution in [0.5, 0.6) is 0 Å². The molecule has 1 atom stereocenters. The minimum atomic E-state index is 0.265. The Bertz CT molecular complexity index is 1060. The topological polar surface area (TPSA) is 75.2 Å². The van der Waals surface area contributed by atoms with Crippen LogP contribution in [0.25, 0.3) is 12.2 Å². The van der Waals surface area contributed by atoms with Crippen molar-refractivity contribution in [1.29, 1.82) is 0 Å². The van der Waals surface area contributed by atoms with Gasteiger partial charge in [0.25, 0.3) is 0 Å². The van der Waals surface area contributed by atoms with Crippen molar-refractivity contribution in [3.05, 3.63) is 65.6 Å². The number of piperidine rings is 1. The number of hydrogen-bond donors (Lipinski definition) is 1. The van der Waals surface area contributed by atoms with Gasteiger partial charge in [0.2, 0.25) is 0 Å². The van der Waals surface area contributed by atoms with Crippen molar-refractivity contribution in [1.82, 2.24) is 14.9 Å². The van der Waals surface area contributed by atoms with Crippen LogP contribution >= 0.6 is 0 Å². The van der Waals surface area contributed by atoms with Crippen LogP contribution in [-0.2, 0) is 22.4 Å². The van der Waals surface area contributed by atoms with Crippen molar-refractivity contribution < 1.29 is 9.59 Å². The summed E-state index contributed by atoms with van der Waals surface area (Å²) < 4.78 is 0. The van der Waals surface area contributed by atoms with E-state index in [4.69, 9.17) is 0 Å². The number of aromatic nitrogens is 2. The summed E-state index contributed by atoms with van der Waals surface area (Å²) in [4.78, 5) is 32.8. The smallest absolute Gasteiger partial charge is 0.129 e. The third-order valence-electron chi connectivity index (χ3n) is 7.70. The Morgan fingerprint density at radius 1 is 1.11 bits per heavy atom. The number of likely N-dealkylation sites (tertiary alicyclic amines) is 1. The highest BCUT2D eigenvalue weighted by atomic mass is 16.1. The highest BCUT2D eigenvalue weighted by Crippen LogP contribution is 2.35. The normalized spacial score (nSPS) is 16.6. The van der Waals surface area contributed by atoms with E-state index in [1.807, 2.05) is 6.20 Å². The molecule has 2 aliphatic rings. The van der Waals surface area contributed by atoms with Crippen LogP contribution in [-0.4, -0.2) is 54.1 Å². The van der Waals surface area contributed by atoms with Gasteiger partial charge in [-0.05, 0) is 118 Å². The monoisotopic (exact) mass is 516 g/mol. The zero-order valence-electron chi connectivity index (χ0n) is 23.0. The van der Waals surface area contributed by atoms with E-state index < -0.39 is 0 Å². The molecule has 204 valence electrons. The van der Waals surface area contributed by atoms with Gasteiger partial charge in [-0.1, -0.05) is 25.3 Å². The van der Waals surface area contributed by atoms with Gasteiger partial charge >= 0.3 is 0 Å². The first-order valence-corrected chi connectivity index (χ1v) is 14.1. The summed E-state index contributed by atoms with van der Waals surface area (Å²) in [5.74, 6) is 1.90. The number of carbonyl (C=O) groups is 2. The highest BCUT2D eigenvalue weighted by Gasteiger charge is 2.27. The minimum absolute atomic E-state index is 0.265. The number of hydrogen-bond acceptors (Lipinski definition) is 6. The fourth-order valence-electron chi connectivity index (χ4n) is 5.38. The Morgan fingerprint density at radius 3 is 2.63 bits per heavy atom. The molecule has 4 heterocycles. The zero-order valence-corrected chi connectivity index (χ0v) is 23.0. The van der Waals surface area contributed by atoms with Gasteiger partial charge in [0, 0.05) is 31.3 Å². The summed E-state index contributed by atoms with van der Waals surface area (Å²) in [6, 6.07) is 6.45. The van der Waals surface area contributed by atoms with E-state index in [2.05, 4.69) is 58.6 Å². The molecule has 6 nitrogen and oxygen atoms in total. The Balaban J connectivity index is 0.000000215. The predicted octanol–water partition coefficient (Wildman–Crippen LogP) is 6.12. The number of anilines is 1. The van der Waals surface area contributed by atoms with E-state index in [-0.39, 0.29) is 5.92 Å². The number of aldehydes is 2. The largest absolute Gasteiger partial charge is 0.370 e. The molecule has 38 heavy (non-hydrogen) atoms. The molecule has 2 aliphatic heterocycles. The summed E-state index contributed by atoms with van der Waals surface area (Å²) in [6.07, 6.45) is 17.6. The first-order chi connectivity index (χ1) is 18.6. The third kappa shape index (κ3) is 8.73. The van der Waals surface area contributed by atoms with Gasteiger partial charge in [0.1, 0.15) is 18.4 Å². The van der Waals surface area contributed by atoms with Crippen molar-refractivity contribution in [3.63, 3.8) is 0 Å². The van der Waals surface area contributed by atoms with Gasteiger partial charge in [-0.3, -0.25) is 4.98 Å². The van der Waals surface area contributed by atoms with Crippen molar-refractivity contribution in [3.8, 4) is 0 Å². The third-order valence-corrected chi connectivity index (χ3v) is 7.70. The number of aryl methyl sites for hydroxylation is 2. The summed E-state index contributed by atoms with van der Waals surface area (Å²) in [5.41, 5.74) is 5.48. The lowest BCUT2D eigenvalue weighted by Crippen LogP contribution is -2.33. The number of fused-ring (bicyclic) bond motifs is 1. The summed E-state index contributed by atoms with van der Waals surface area (Å²) >= 11 is 0. The molecule has 0 aliphatic carbocycles. The van der Waals surface area contributed by atoms with Gasteiger partial charge in [-0.15, -0.1) is 0 Å². The SMILES string of the molecule is C=Cc1cc(C(CC=O)C2CCN(C)CC2)cnc1C=C.O=CCCCCc1ccc2c(n1)NCCCC2. The van der Waals surface area contributed by atoms with Crippen LogP contribution in [0.4, 0.5) is 5.82 Å². The van der Waals surface area contributed by atoms with Gasteiger partial charge in [0.15, 0.2) is 0 Å². The number of unbranched alkanes of at least 4 members (excludes halogenated alkanes) is 2. The molecular formula is C32H44N4O2. The molecule has 0 radical (unpaired) electrons. The molecular weight excluding hydrogens is 472 g/mol. The van der Waals surface area contributed by atoms with Gasteiger partial charge in [-0.2, -0.15) is 0 Å². The second-order valence-corrected chi connectivity index (χ2v) is 10.4. The molecule has 1 unspecified atom stereocenters. The van der Waals surface area contributed by atoms with E-state index in [9.17, 15) is 9.59 Å². The summed E-state index contributed by atoms with van der Waals surface area (Å²) in [6.45, 7) is 10.9. The second-order valence-electron chi connectivity index (χ2n) is 10.4. The lowest BCUT2D eigenvalue weighted by molar-refractivity contribution is -0.109. The second kappa shape index (κ2) is 16.0. The Morgan fingerprint density at radius 2 is 1.92 bits per heavy atom. The number of pyridine rings is 2. The zero-order chi connectivity index (χ0) is 27.2. The fraction of sp³-hybridized carbons (Fsp3) is 0.500. The lowest BCUT2D eigenvalue weighted by Gasteiger charge is -2.34. The molecule has 0 bridgehead atoms. The molecule has 0 aromatic carbocycles. The van der Waals surface area contributed by atoms with Crippen LogP contribution in [0.15, 0.2) is 37.6 Å². The van der Waals surface area contributed by atoms with Crippen LogP contribution < -0.4 is 5.32 Å². The number of nitrogens with zero attached hydrogens (tertiary/aromatic N) is 3. The molecule has 4 rings (SSSR count). The van der Waals surface area contributed by atoms with Crippen LogP contribution in [0.3, 0.4) is 0 Å². The molecule has 0 saturated carbocycles. The molecule has 2 aromatic rings. The van der Waals surface area contributed by atoms with Crippen molar-refractivity contribution in [2.24, 2.45) is 5.92 Å². The maximum Gasteiger partial charge on any atom is 0.129 e. The maximum absolute atomic E-state index is 11.1. The standard InChI is InChI=1S/C18H24N2O.C14H20N2O/c1-4-14-12-16(13-19-18(14)5-2)17(8-11-21)15-6-9-20(3)10-7-15;17-11-5-1-2-7-13-9-8-12-6-3-4-10-15-14(12)16-13/h4-5,11-13,15,17H,1-2,6-10H2,3H3;8-9,11H,1-7,10H2,(H,15,16). The van der Waals surface area contributed by atoms with Gasteiger partial charge < -0.3 is 19.8 Å². The molecule has 1 fully saturated rings. The predicted molar refractivity (Wildman–Crippen MR) is 157 cm³/mol. The molecule has 0 spiro atoms. The summed E-state index contributed by atoms with van der Waals surface area (Å²) in [7, 11) is 2.15. The van der Waals surface area contributed by atoms with E-state index in [0.29, 0.717) is 18.8 Å². The minimum Gasteiger partial charge on any atom is -0.370 e. The highest BCUT2D eigenvalue weighted by molar-refractivity contribution is 5.61. The molecule has 1 saturated heterocycles. The van der Waals surface area contributed by atoms with Gasteiger partial charge in [-0.25, -0.2) is 4.98 Å². The first-order valence-electron chi connectivity index (χ1n) is 14.1. The van der Waals surface area contributed by atoms with E-state index in [0.717, 1.165) is 99.1 Å². The molecule has 1 N–H and O–H groups in total. The van der Waals surface area contributed by atoms with E-state index in [1.165, 1.54) is 18.4 Å². The van der Waals surface area contributed by atoms with Crippen molar-refractivity contribution in [2.45, 2.75) is 70.1 Å². The van der Waals surface area contributed by atoms with Crippen LogP contribution in [0, 0.1) is 5.92 Å². The van der Waals surface area contributed by atoms with Crippen LogP contribution in [0.2, 0.25) is 0 Å². The Hall–Kier alpha value is -3.12. The lowest BCUT2D eigenvalue weighted by atomic mass is 9.78. The first kappa shape index (κ1) is 29.4. The quantitative estimate of drug-likeness (QED) is 0.286. The van der Waals surface area contributed by atoms with Crippen molar-refractivity contribution in [2.75, 3.05) is 32.0 Å². The Labute approximate surface area is 228 Å². The maximum atomic E-state index is 11.1. The average Bonchev–Trinajstić information content (AvgIpc) is 3.20. The molecule has 0 amide bonds. The number of carbonyl (C=O) groups excluding carboxylic acids is 2. The van der Waals surface area contributed by atoms with Gasteiger partial charge in [0.05, 0.1) is 5.69 Å². The summed E-state index contributed by atoms with van der Waals surface area (Å²) in [5, 5.41) is 3.40.